The van der Waals surface area contributed by atoms with Crippen LogP contribution in [0.3, 0.4) is 0 Å². The molecule has 1 rings (SSSR count). The van der Waals surface area contributed by atoms with Gasteiger partial charge in [-0.25, -0.2) is 4.98 Å². The number of thioether (sulfide) groups is 1. The molecule has 0 radical (unpaired) electrons. The number of carbonyl (C=O) groups is 2. The Morgan fingerprint density at radius 2 is 2.33 bits per heavy atom. The topological polar surface area (TPSA) is 95.1 Å². The first-order valence-corrected chi connectivity index (χ1v) is 5.37. The molecule has 1 aromatic heterocycles. The van der Waals surface area contributed by atoms with Crippen molar-refractivity contribution in [3.8, 4) is 0 Å². The van der Waals surface area contributed by atoms with Crippen molar-refractivity contribution in [2.75, 3.05) is 11.5 Å². The zero-order valence-corrected chi connectivity index (χ0v) is 8.71. The summed E-state index contributed by atoms with van der Waals surface area (Å²) >= 11 is 1.07. The third-order valence-electron chi connectivity index (χ3n) is 1.49. The lowest BCUT2D eigenvalue weighted by Crippen LogP contribution is -2.25. The Morgan fingerprint density at radius 1 is 1.53 bits per heavy atom. The molecular formula is C8H11N3O3S. The minimum absolute atomic E-state index is 0.0581. The van der Waals surface area contributed by atoms with E-state index in [1.54, 1.807) is 6.20 Å². The van der Waals surface area contributed by atoms with Crippen LogP contribution in [0.4, 0.5) is 0 Å². The monoisotopic (exact) mass is 229 g/mol. The second-order valence-electron chi connectivity index (χ2n) is 2.74. The molecule has 0 bridgehead atoms. The fourth-order valence-electron chi connectivity index (χ4n) is 0.857. The lowest BCUT2D eigenvalue weighted by atomic mass is 10.5. The smallest absolute Gasteiger partial charge is 0.313 e. The van der Waals surface area contributed by atoms with E-state index in [2.05, 4.69) is 15.3 Å². The van der Waals surface area contributed by atoms with Gasteiger partial charge in [-0.1, -0.05) is 0 Å². The normalized spacial score (nSPS) is 9.87. The highest BCUT2D eigenvalue weighted by Crippen LogP contribution is 1.98. The highest BCUT2D eigenvalue weighted by Gasteiger charge is 2.04. The van der Waals surface area contributed by atoms with Crippen molar-refractivity contribution >= 4 is 23.6 Å². The van der Waals surface area contributed by atoms with Gasteiger partial charge >= 0.3 is 5.97 Å². The van der Waals surface area contributed by atoms with Gasteiger partial charge < -0.3 is 15.4 Å². The summed E-state index contributed by atoms with van der Waals surface area (Å²) in [5, 5.41) is 11.0. The number of aromatic nitrogens is 2. The first-order chi connectivity index (χ1) is 7.18. The Labute approximate surface area is 90.5 Å². The van der Waals surface area contributed by atoms with Crippen molar-refractivity contribution in [3.05, 3.63) is 18.2 Å². The van der Waals surface area contributed by atoms with E-state index in [4.69, 9.17) is 5.11 Å². The maximum absolute atomic E-state index is 11.2. The molecule has 6 nitrogen and oxygen atoms in total. The maximum atomic E-state index is 11.2. The number of rotatable bonds is 6. The van der Waals surface area contributed by atoms with Gasteiger partial charge in [-0.3, -0.25) is 9.59 Å². The molecule has 3 N–H and O–H groups in total. The number of aliphatic carboxylic acids is 1. The van der Waals surface area contributed by atoms with Crippen LogP contribution < -0.4 is 5.32 Å². The largest absolute Gasteiger partial charge is 0.481 e. The van der Waals surface area contributed by atoms with Gasteiger partial charge in [0.15, 0.2) is 0 Å². The zero-order valence-electron chi connectivity index (χ0n) is 7.90. The average molecular weight is 229 g/mol. The number of carboxylic acid groups (broad SMARTS) is 1. The molecule has 1 aromatic rings. The first kappa shape index (κ1) is 11.6. The van der Waals surface area contributed by atoms with Gasteiger partial charge in [-0.15, -0.1) is 11.8 Å². The van der Waals surface area contributed by atoms with Gasteiger partial charge in [0, 0.05) is 6.20 Å². The predicted octanol–water partition coefficient (Wildman–Crippen LogP) is -0.156. The molecule has 7 heteroatoms. The molecule has 1 heterocycles. The summed E-state index contributed by atoms with van der Waals surface area (Å²) in [7, 11) is 0. The van der Waals surface area contributed by atoms with Crippen LogP contribution in [0.2, 0.25) is 0 Å². The van der Waals surface area contributed by atoms with Crippen LogP contribution in [0.15, 0.2) is 12.5 Å². The van der Waals surface area contributed by atoms with Crippen molar-refractivity contribution < 1.29 is 14.7 Å². The van der Waals surface area contributed by atoms with Crippen molar-refractivity contribution in [1.29, 1.82) is 0 Å². The predicted molar refractivity (Wildman–Crippen MR) is 55.4 cm³/mol. The minimum atomic E-state index is -0.915. The van der Waals surface area contributed by atoms with E-state index in [-0.39, 0.29) is 17.4 Å². The highest BCUT2D eigenvalue weighted by molar-refractivity contribution is 8.00. The number of nitrogens with one attached hydrogen (secondary N) is 2. The number of aromatic amines is 1. The lowest BCUT2D eigenvalue weighted by molar-refractivity contribution is -0.133. The Hall–Kier alpha value is -1.50. The first-order valence-electron chi connectivity index (χ1n) is 4.22. The van der Waals surface area contributed by atoms with Gasteiger partial charge in [-0.2, -0.15) is 0 Å². The Balaban J connectivity index is 2.11. The van der Waals surface area contributed by atoms with Gasteiger partial charge in [0.05, 0.1) is 30.1 Å². The average Bonchev–Trinajstić information content (AvgIpc) is 2.66. The van der Waals surface area contributed by atoms with Gasteiger partial charge in [0.25, 0.3) is 0 Å². The fraction of sp³-hybridized carbons (Fsp3) is 0.375. The molecular weight excluding hydrogens is 218 g/mol. The lowest BCUT2D eigenvalue weighted by Gasteiger charge is -2.01. The number of carbonyl (C=O) groups excluding carboxylic acids is 1. The molecule has 0 saturated carbocycles. The van der Waals surface area contributed by atoms with Gasteiger partial charge in [-0.05, 0) is 0 Å². The Bertz CT molecular complexity index is 326. The van der Waals surface area contributed by atoms with Crippen LogP contribution >= 0.6 is 11.8 Å². The summed E-state index contributed by atoms with van der Waals surface area (Å²) in [5.74, 6) is -1.00. The van der Waals surface area contributed by atoms with E-state index in [0.717, 1.165) is 17.5 Å². The molecule has 0 aliphatic carbocycles. The van der Waals surface area contributed by atoms with Crippen LogP contribution in [0.1, 0.15) is 5.69 Å². The van der Waals surface area contributed by atoms with E-state index in [1.165, 1.54) is 6.33 Å². The maximum Gasteiger partial charge on any atom is 0.313 e. The van der Waals surface area contributed by atoms with Gasteiger partial charge in [0.2, 0.25) is 5.91 Å². The summed E-state index contributed by atoms with van der Waals surface area (Å²) < 4.78 is 0. The molecule has 0 fully saturated rings. The Morgan fingerprint density at radius 3 is 2.93 bits per heavy atom. The van der Waals surface area contributed by atoms with E-state index in [1.807, 2.05) is 0 Å². The molecule has 0 atom stereocenters. The van der Waals surface area contributed by atoms with E-state index in [9.17, 15) is 9.59 Å². The number of nitrogens with zero attached hydrogens (tertiary/aromatic N) is 1. The molecule has 0 unspecified atom stereocenters. The summed E-state index contributed by atoms with van der Waals surface area (Å²) in [6.45, 7) is 0.381. The third kappa shape index (κ3) is 5.06. The van der Waals surface area contributed by atoms with E-state index in [0.29, 0.717) is 6.54 Å². The summed E-state index contributed by atoms with van der Waals surface area (Å²) in [6, 6.07) is 0. The standard InChI is InChI=1S/C8H11N3O3S/c12-7(3-15-4-8(13)14)10-2-6-1-9-5-11-6/h1,5H,2-4H2,(H,9,11)(H,10,12)(H,13,14). The minimum Gasteiger partial charge on any atom is -0.481 e. The number of amides is 1. The summed E-state index contributed by atoms with van der Waals surface area (Å²) in [6.07, 6.45) is 3.14. The number of imidazole rings is 1. The van der Waals surface area contributed by atoms with Gasteiger partial charge in [0.1, 0.15) is 0 Å². The second kappa shape index (κ2) is 6.07. The molecule has 82 valence electrons. The summed E-state index contributed by atoms with van der Waals surface area (Å²) in [4.78, 5) is 28.0. The van der Waals surface area contributed by atoms with E-state index >= 15 is 0 Å². The van der Waals surface area contributed by atoms with Crippen LogP contribution in [-0.4, -0.2) is 38.5 Å². The highest BCUT2D eigenvalue weighted by atomic mass is 32.2. The number of hydrogen-bond acceptors (Lipinski definition) is 4. The van der Waals surface area contributed by atoms with Crippen LogP contribution in [-0.2, 0) is 16.1 Å². The number of H-pyrrole nitrogens is 1. The van der Waals surface area contributed by atoms with Crippen molar-refractivity contribution in [3.63, 3.8) is 0 Å². The molecule has 0 aliphatic rings. The van der Waals surface area contributed by atoms with Crippen molar-refractivity contribution in [2.45, 2.75) is 6.54 Å². The molecule has 0 aliphatic heterocycles. The Kier molecular flexibility index (Phi) is 4.69. The zero-order chi connectivity index (χ0) is 11.1. The quantitative estimate of drug-likeness (QED) is 0.630. The second-order valence-corrected chi connectivity index (χ2v) is 3.73. The fourth-order valence-corrected chi connectivity index (χ4v) is 1.42. The molecule has 0 saturated heterocycles. The van der Waals surface area contributed by atoms with Crippen molar-refractivity contribution in [2.24, 2.45) is 0 Å². The van der Waals surface area contributed by atoms with Crippen LogP contribution in [0.5, 0.6) is 0 Å². The molecule has 1 amide bonds. The SMILES string of the molecule is O=C(O)CSCC(=O)NCc1cnc[nH]1. The molecule has 0 spiro atoms. The third-order valence-corrected chi connectivity index (χ3v) is 2.41. The molecule has 0 aromatic carbocycles. The van der Waals surface area contributed by atoms with Crippen molar-refractivity contribution in [1.82, 2.24) is 15.3 Å². The summed E-state index contributed by atoms with van der Waals surface area (Å²) in [5.41, 5.74) is 0.812. The van der Waals surface area contributed by atoms with Crippen LogP contribution in [0, 0.1) is 0 Å². The van der Waals surface area contributed by atoms with E-state index < -0.39 is 5.97 Å². The van der Waals surface area contributed by atoms with Crippen LogP contribution in [0.25, 0.3) is 0 Å². The number of hydrogen-bond donors (Lipinski definition) is 3. The number of carboxylic acids is 1. The molecule has 15 heavy (non-hydrogen) atoms.